The molecule has 26 heavy (non-hydrogen) atoms. The summed E-state index contributed by atoms with van der Waals surface area (Å²) in [7, 11) is 0. The van der Waals surface area contributed by atoms with Crippen molar-refractivity contribution in [2.24, 2.45) is 0 Å². The highest BCUT2D eigenvalue weighted by atomic mass is 32.2. The molecule has 3 rings (SSSR count). The van der Waals surface area contributed by atoms with E-state index < -0.39 is 23.2 Å². The number of amides is 1. The highest BCUT2D eigenvalue weighted by Crippen LogP contribution is 2.30. The summed E-state index contributed by atoms with van der Waals surface area (Å²) in [5.41, 5.74) is 4.46. The van der Waals surface area contributed by atoms with Gasteiger partial charge in [-0.15, -0.1) is 10.2 Å². The molecule has 0 saturated heterocycles. The summed E-state index contributed by atoms with van der Waals surface area (Å²) in [6.45, 7) is 0. The van der Waals surface area contributed by atoms with E-state index >= 15 is 0 Å². The van der Waals surface area contributed by atoms with Crippen LogP contribution in [0.25, 0.3) is 5.78 Å². The number of anilines is 2. The number of carbonyl (C=O) groups excluding carboxylic acids is 1. The van der Waals surface area contributed by atoms with Crippen molar-refractivity contribution < 1.29 is 18.0 Å². The van der Waals surface area contributed by atoms with E-state index in [1.807, 2.05) is 0 Å². The number of alkyl halides is 3. The fourth-order valence-electron chi connectivity index (χ4n) is 2.12. The van der Waals surface area contributed by atoms with E-state index in [1.54, 1.807) is 0 Å². The van der Waals surface area contributed by atoms with Crippen LogP contribution >= 0.6 is 11.8 Å². The van der Waals surface area contributed by atoms with Gasteiger partial charge in [0.2, 0.25) is 11.7 Å². The molecule has 4 N–H and O–H groups in total. The molecule has 2 heterocycles. The molecule has 2 aromatic heterocycles. The van der Waals surface area contributed by atoms with Crippen molar-refractivity contribution in [3.8, 4) is 0 Å². The van der Waals surface area contributed by atoms with E-state index in [-0.39, 0.29) is 28.2 Å². The van der Waals surface area contributed by atoms with Crippen LogP contribution in [0.2, 0.25) is 0 Å². The van der Waals surface area contributed by atoms with Crippen LogP contribution < -0.4 is 16.6 Å². The zero-order chi connectivity index (χ0) is 18.9. The van der Waals surface area contributed by atoms with Gasteiger partial charge in [0.05, 0.1) is 11.3 Å². The van der Waals surface area contributed by atoms with Crippen molar-refractivity contribution >= 4 is 35.0 Å². The van der Waals surface area contributed by atoms with E-state index in [0.29, 0.717) is 0 Å². The van der Waals surface area contributed by atoms with Crippen molar-refractivity contribution in [3.63, 3.8) is 0 Å². The maximum Gasteiger partial charge on any atom is 0.416 e. The molecule has 0 unspecified atom stereocenters. The standard InChI is InChI=1S/C14H11F3N6O2S/c15-14(16,17)7-2-1-3-8(4-7)19-11(25)6-26-13-22-21-12-20-10(24)5-9(18)23(12)13/h1-5H,6,18H2,(H,19,25)(H,20,21,24). The first-order valence-corrected chi connectivity index (χ1v) is 8.06. The zero-order valence-electron chi connectivity index (χ0n) is 12.9. The minimum Gasteiger partial charge on any atom is -0.385 e. The number of nitrogen functional groups attached to an aromatic ring is 1. The number of carbonyl (C=O) groups is 1. The van der Waals surface area contributed by atoms with Gasteiger partial charge in [-0.1, -0.05) is 17.8 Å². The van der Waals surface area contributed by atoms with Crippen molar-refractivity contribution in [1.82, 2.24) is 19.6 Å². The Morgan fingerprint density at radius 3 is 2.81 bits per heavy atom. The van der Waals surface area contributed by atoms with Crippen LogP contribution in [0.5, 0.6) is 0 Å². The largest absolute Gasteiger partial charge is 0.416 e. The molecule has 0 atom stereocenters. The SMILES string of the molecule is Nc1cc(=O)[nH]c2nnc(SCC(=O)Nc3cccc(C(F)(F)F)c3)n12. The number of H-pyrrole nitrogens is 1. The van der Waals surface area contributed by atoms with E-state index in [9.17, 15) is 22.8 Å². The van der Waals surface area contributed by atoms with Gasteiger partial charge in [0.25, 0.3) is 5.56 Å². The molecular formula is C14H11F3N6O2S. The molecule has 3 aromatic rings. The molecule has 0 saturated carbocycles. The van der Waals surface area contributed by atoms with E-state index in [0.717, 1.165) is 30.0 Å². The van der Waals surface area contributed by atoms with E-state index in [1.165, 1.54) is 16.5 Å². The molecule has 0 bridgehead atoms. The average Bonchev–Trinajstić information content (AvgIpc) is 2.95. The lowest BCUT2D eigenvalue weighted by molar-refractivity contribution is -0.137. The van der Waals surface area contributed by atoms with Gasteiger partial charge in [-0.3, -0.25) is 14.6 Å². The fourth-order valence-corrected chi connectivity index (χ4v) is 2.87. The molecule has 0 fully saturated rings. The predicted octanol–water partition coefficient (Wildman–Crippen LogP) is 1.75. The van der Waals surface area contributed by atoms with Gasteiger partial charge < -0.3 is 11.1 Å². The fraction of sp³-hybridized carbons (Fsp3) is 0.143. The van der Waals surface area contributed by atoms with Crippen molar-refractivity contribution in [2.45, 2.75) is 11.3 Å². The number of aromatic amines is 1. The number of hydrogen-bond donors (Lipinski definition) is 3. The monoisotopic (exact) mass is 384 g/mol. The number of rotatable bonds is 4. The van der Waals surface area contributed by atoms with Gasteiger partial charge in [-0.2, -0.15) is 13.2 Å². The molecule has 8 nitrogen and oxygen atoms in total. The minimum absolute atomic E-state index is 0.0281. The molecular weight excluding hydrogens is 373 g/mol. The Bertz CT molecular complexity index is 1030. The molecule has 0 aliphatic carbocycles. The second-order valence-corrected chi connectivity index (χ2v) is 6.06. The molecule has 0 aliphatic rings. The number of nitrogens with one attached hydrogen (secondary N) is 2. The minimum atomic E-state index is -4.50. The summed E-state index contributed by atoms with van der Waals surface area (Å²) in [4.78, 5) is 25.7. The van der Waals surface area contributed by atoms with Gasteiger partial charge in [-0.05, 0) is 18.2 Å². The van der Waals surface area contributed by atoms with Crippen LogP contribution in [-0.4, -0.2) is 31.2 Å². The Morgan fingerprint density at radius 1 is 1.31 bits per heavy atom. The summed E-state index contributed by atoms with van der Waals surface area (Å²) >= 11 is 0.967. The first kappa shape index (κ1) is 17.8. The van der Waals surface area contributed by atoms with Gasteiger partial charge in [0.15, 0.2) is 5.16 Å². The number of fused-ring (bicyclic) bond motifs is 1. The smallest absolute Gasteiger partial charge is 0.385 e. The first-order chi connectivity index (χ1) is 12.2. The molecule has 12 heteroatoms. The lowest BCUT2D eigenvalue weighted by Crippen LogP contribution is -2.15. The molecule has 136 valence electrons. The Balaban J connectivity index is 1.70. The Kier molecular flexibility index (Phi) is 4.59. The van der Waals surface area contributed by atoms with E-state index in [4.69, 9.17) is 5.73 Å². The Labute approximate surface area is 147 Å². The van der Waals surface area contributed by atoms with Gasteiger partial charge >= 0.3 is 6.18 Å². The lowest BCUT2D eigenvalue weighted by Gasteiger charge is -2.09. The number of nitrogens with zero attached hydrogens (tertiary/aromatic N) is 3. The van der Waals surface area contributed by atoms with Crippen LogP contribution in [0.3, 0.4) is 0 Å². The van der Waals surface area contributed by atoms with Crippen molar-refractivity contribution in [2.75, 3.05) is 16.8 Å². The Hall–Kier alpha value is -3.02. The topological polar surface area (TPSA) is 118 Å². The quantitative estimate of drug-likeness (QED) is 0.590. The average molecular weight is 384 g/mol. The molecule has 1 amide bonds. The summed E-state index contributed by atoms with van der Waals surface area (Å²) < 4.78 is 39.4. The third-order valence-corrected chi connectivity index (χ3v) is 4.14. The highest BCUT2D eigenvalue weighted by Gasteiger charge is 2.30. The summed E-state index contributed by atoms with van der Waals surface area (Å²) in [6.07, 6.45) is -4.50. The number of hydrogen-bond acceptors (Lipinski definition) is 6. The van der Waals surface area contributed by atoms with Crippen LogP contribution in [0.4, 0.5) is 24.7 Å². The van der Waals surface area contributed by atoms with Crippen LogP contribution in [0, 0.1) is 0 Å². The number of thioether (sulfide) groups is 1. The number of halogens is 3. The second-order valence-electron chi connectivity index (χ2n) is 5.12. The normalized spacial score (nSPS) is 11.7. The third kappa shape index (κ3) is 3.79. The van der Waals surface area contributed by atoms with Crippen LogP contribution in [-0.2, 0) is 11.0 Å². The highest BCUT2D eigenvalue weighted by molar-refractivity contribution is 7.99. The second kappa shape index (κ2) is 6.71. The van der Waals surface area contributed by atoms with E-state index in [2.05, 4.69) is 20.5 Å². The molecule has 0 radical (unpaired) electrons. The molecule has 0 spiro atoms. The number of benzene rings is 1. The number of nitrogens with two attached hydrogens (primary N) is 1. The summed E-state index contributed by atoms with van der Waals surface area (Å²) in [6, 6.07) is 5.46. The zero-order valence-corrected chi connectivity index (χ0v) is 13.7. The third-order valence-electron chi connectivity index (χ3n) is 3.21. The number of aromatic nitrogens is 4. The Morgan fingerprint density at radius 2 is 2.08 bits per heavy atom. The van der Waals surface area contributed by atoms with Gasteiger partial charge in [0.1, 0.15) is 5.82 Å². The van der Waals surface area contributed by atoms with Gasteiger partial charge in [0, 0.05) is 11.8 Å². The molecule has 1 aromatic carbocycles. The lowest BCUT2D eigenvalue weighted by atomic mass is 10.2. The van der Waals surface area contributed by atoms with Crippen LogP contribution in [0.1, 0.15) is 5.56 Å². The predicted molar refractivity (Wildman–Crippen MR) is 88.8 cm³/mol. The summed E-state index contributed by atoms with van der Waals surface area (Å²) in [5.74, 6) is -0.463. The van der Waals surface area contributed by atoms with Gasteiger partial charge in [-0.25, -0.2) is 4.40 Å². The first-order valence-electron chi connectivity index (χ1n) is 7.08. The molecule has 0 aliphatic heterocycles. The maximum atomic E-state index is 12.7. The maximum absolute atomic E-state index is 12.7. The van der Waals surface area contributed by atoms with Crippen LogP contribution in [0.15, 0.2) is 40.3 Å². The van der Waals surface area contributed by atoms with Crippen molar-refractivity contribution in [1.29, 1.82) is 0 Å². The van der Waals surface area contributed by atoms with Crippen molar-refractivity contribution in [3.05, 3.63) is 46.2 Å². The summed E-state index contributed by atoms with van der Waals surface area (Å²) in [5, 5.41) is 10.2.